The highest BCUT2D eigenvalue weighted by Gasteiger charge is 1.88. The number of methoxy groups -OCH3 is 1. The second kappa shape index (κ2) is 11.9. The standard InChI is InChI=1S/C10H23NO2/c1-3-4-5-7-11-10-13-9-6-8-12-2/h11H,3-10H2,1-2H3. The summed E-state index contributed by atoms with van der Waals surface area (Å²) < 4.78 is 10.2. The lowest BCUT2D eigenvalue weighted by atomic mass is 10.2. The number of ether oxygens (including phenoxy) is 2. The Hall–Kier alpha value is -0.120. The Bertz CT molecular complexity index is 79.0. The van der Waals surface area contributed by atoms with Crippen LogP contribution in [0, 0.1) is 0 Å². The van der Waals surface area contributed by atoms with Crippen LogP contribution in [0.25, 0.3) is 0 Å². The quantitative estimate of drug-likeness (QED) is 0.420. The minimum atomic E-state index is 0.674. The number of hydrogen-bond donors (Lipinski definition) is 1. The molecule has 0 saturated heterocycles. The molecule has 0 atom stereocenters. The minimum Gasteiger partial charge on any atom is -0.385 e. The SMILES string of the molecule is CCCCCNCOCCCOC. The molecule has 1 N–H and O–H groups in total. The summed E-state index contributed by atoms with van der Waals surface area (Å²) in [5.41, 5.74) is 0. The summed E-state index contributed by atoms with van der Waals surface area (Å²) in [7, 11) is 1.71. The van der Waals surface area contributed by atoms with Crippen LogP contribution in [0.15, 0.2) is 0 Å². The largest absolute Gasteiger partial charge is 0.385 e. The average Bonchev–Trinajstić information content (AvgIpc) is 2.16. The van der Waals surface area contributed by atoms with Gasteiger partial charge in [0.15, 0.2) is 0 Å². The van der Waals surface area contributed by atoms with Crippen molar-refractivity contribution in [3.63, 3.8) is 0 Å². The van der Waals surface area contributed by atoms with E-state index in [1.807, 2.05) is 0 Å². The number of nitrogens with one attached hydrogen (secondary N) is 1. The van der Waals surface area contributed by atoms with Gasteiger partial charge in [-0.05, 0) is 19.4 Å². The topological polar surface area (TPSA) is 30.5 Å². The van der Waals surface area contributed by atoms with Crippen LogP contribution >= 0.6 is 0 Å². The van der Waals surface area contributed by atoms with Crippen molar-refractivity contribution in [1.29, 1.82) is 0 Å². The highest BCUT2D eigenvalue weighted by molar-refractivity contribution is 4.42. The lowest BCUT2D eigenvalue weighted by molar-refractivity contribution is 0.0908. The highest BCUT2D eigenvalue weighted by Crippen LogP contribution is 1.90. The monoisotopic (exact) mass is 189 g/mol. The van der Waals surface area contributed by atoms with Gasteiger partial charge in [-0.1, -0.05) is 19.8 Å². The maximum atomic E-state index is 5.32. The molecule has 3 nitrogen and oxygen atoms in total. The van der Waals surface area contributed by atoms with E-state index in [0.29, 0.717) is 6.73 Å². The van der Waals surface area contributed by atoms with Gasteiger partial charge in [0, 0.05) is 13.7 Å². The molecule has 0 fully saturated rings. The molecule has 0 amide bonds. The van der Waals surface area contributed by atoms with Crippen molar-refractivity contribution in [3.05, 3.63) is 0 Å². The fourth-order valence-electron chi connectivity index (χ4n) is 1.02. The van der Waals surface area contributed by atoms with Gasteiger partial charge in [0.1, 0.15) is 0 Å². The summed E-state index contributed by atoms with van der Waals surface area (Å²) >= 11 is 0. The van der Waals surface area contributed by atoms with Crippen molar-refractivity contribution in [3.8, 4) is 0 Å². The fraction of sp³-hybridized carbons (Fsp3) is 1.00. The van der Waals surface area contributed by atoms with Crippen LogP contribution in [0.5, 0.6) is 0 Å². The smallest absolute Gasteiger partial charge is 0.0965 e. The summed E-state index contributed by atoms with van der Waals surface area (Å²) in [5, 5.41) is 3.23. The second-order valence-electron chi connectivity index (χ2n) is 3.11. The summed E-state index contributed by atoms with van der Waals surface area (Å²) in [5.74, 6) is 0. The lowest BCUT2D eigenvalue weighted by Crippen LogP contribution is -2.19. The third-order valence-electron chi connectivity index (χ3n) is 1.80. The van der Waals surface area contributed by atoms with Crippen molar-refractivity contribution in [2.45, 2.75) is 32.6 Å². The van der Waals surface area contributed by atoms with E-state index in [1.54, 1.807) is 7.11 Å². The molecule has 80 valence electrons. The molecule has 13 heavy (non-hydrogen) atoms. The first-order chi connectivity index (χ1) is 6.41. The van der Waals surface area contributed by atoms with Gasteiger partial charge >= 0.3 is 0 Å². The van der Waals surface area contributed by atoms with Gasteiger partial charge in [-0.2, -0.15) is 0 Å². The van der Waals surface area contributed by atoms with Gasteiger partial charge < -0.3 is 9.47 Å². The van der Waals surface area contributed by atoms with Crippen molar-refractivity contribution >= 4 is 0 Å². The van der Waals surface area contributed by atoms with E-state index in [1.165, 1.54) is 19.3 Å². The Morgan fingerprint density at radius 2 is 1.92 bits per heavy atom. The van der Waals surface area contributed by atoms with Gasteiger partial charge in [0.05, 0.1) is 13.3 Å². The molecular formula is C10H23NO2. The molecule has 0 aliphatic rings. The number of unbranched alkanes of at least 4 members (excludes halogenated alkanes) is 2. The Morgan fingerprint density at radius 3 is 2.62 bits per heavy atom. The molecule has 0 aromatic heterocycles. The van der Waals surface area contributed by atoms with E-state index < -0.39 is 0 Å². The minimum absolute atomic E-state index is 0.674. The molecule has 0 aromatic rings. The van der Waals surface area contributed by atoms with E-state index in [0.717, 1.165) is 26.2 Å². The maximum Gasteiger partial charge on any atom is 0.0965 e. The Kier molecular flexibility index (Phi) is 11.8. The van der Waals surface area contributed by atoms with E-state index in [2.05, 4.69) is 12.2 Å². The summed E-state index contributed by atoms with van der Waals surface area (Å²) in [6.07, 6.45) is 4.80. The molecule has 0 saturated carbocycles. The van der Waals surface area contributed by atoms with E-state index in [9.17, 15) is 0 Å². The Morgan fingerprint density at radius 1 is 1.08 bits per heavy atom. The predicted molar refractivity (Wildman–Crippen MR) is 54.8 cm³/mol. The van der Waals surface area contributed by atoms with Crippen LogP contribution in [-0.2, 0) is 9.47 Å². The van der Waals surface area contributed by atoms with Crippen LogP contribution in [-0.4, -0.2) is 33.6 Å². The van der Waals surface area contributed by atoms with Gasteiger partial charge in [0.2, 0.25) is 0 Å². The maximum absolute atomic E-state index is 5.32. The van der Waals surface area contributed by atoms with Gasteiger partial charge in [-0.25, -0.2) is 0 Å². The Balaban J connectivity index is 2.76. The van der Waals surface area contributed by atoms with Gasteiger partial charge in [-0.15, -0.1) is 0 Å². The fourth-order valence-corrected chi connectivity index (χ4v) is 1.02. The third kappa shape index (κ3) is 11.9. The first-order valence-corrected chi connectivity index (χ1v) is 5.19. The van der Waals surface area contributed by atoms with Crippen LogP contribution in [0.2, 0.25) is 0 Å². The van der Waals surface area contributed by atoms with Crippen molar-refractivity contribution in [1.82, 2.24) is 5.32 Å². The molecule has 0 heterocycles. The molecule has 0 radical (unpaired) electrons. The molecule has 0 bridgehead atoms. The van der Waals surface area contributed by atoms with Crippen molar-refractivity contribution in [2.75, 3.05) is 33.6 Å². The van der Waals surface area contributed by atoms with Crippen molar-refractivity contribution < 1.29 is 9.47 Å². The van der Waals surface area contributed by atoms with Gasteiger partial charge in [0.25, 0.3) is 0 Å². The number of rotatable bonds is 10. The molecule has 0 aliphatic carbocycles. The van der Waals surface area contributed by atoms with Crippen LogP contribution in [0.1, 0.15) is 32.6 Å². The Labute approximate surface area is 81.8 Å². The third-order valence-corrected chi connectivity index (χ3v) is 1.80. The van der Waals surface area contributed by atoms with Crippen LogP contribution in [0.3, 0.4) is 0 Å². The normalized spacial score (nSPS) is 10.6. The summed E-state index contributed by atoms with van der Waals surface area (Å²) in [6, 6.07) is 0. The average molecular weight is 189 g/mol. The summed E-state index contributed by atoms with van der Waals surface area (Å²) in [6.45, 7) is 5.53. The van der Waals surface area contributed by atoms with Crippen LogP contribution in [0.4, 0.5) is 0 Å². The van der Waals surface area contributed by atoms with Crippen LogP contribution < -0.4 is 5.32 Å². The zero-order chi connectivity index (χ0) is 9.78. The summed E-state index contributed by atoms with van der Waals surface area (Å²) in [4.78, 5) is 0. The second-order valence-corrected chi connectivity index (χ2v) is 3.11. The molecule has 0 unspecified atom stereocenters. The lowest BCUT2D eigenvalue weighted by Gasteiger charge is -2.05. The van der Waals surface area contributed by atoms with E-state index in [4.69, 9.17) is 9.47 Å². The van der Waals surface area contributed by atoms with E-state index in [-0.39, 0.29) is 0 Å². The first-order valence-electron chi connectivity index (χ1n) is 5.19. The first kappa shape index (κ1) is 12.9. The molecule has 0 aromatic carbocycles. The number of hydrogen-bond acceptors (Lipinski definition) is 3. The van der Waals surface area contributed by atoms with Crippen molar-refractivity contribution in [2.24, 2.45) is 0 Å². The predicted octanol–water partition coefficient (Wildman–Crippen LogP) is 1.78. The zero-order valence-electron chi connectivity index (χ0n) is 8.97. The van der Waals surface area contributed by atoms with E-state index >= 15 is 0 Å². The molecule has 0 spiro atoms. The highest BCUT2D eigenvalue weighted by atomic mass is 16.5. The molecular weight excluding hydrogens is 166 g/mol. The zero-order valence-corrected chi connectivity index (χ0v) is 8.97. The molecule has 0 aliphatic heterocycles. The molecule has 0 rings (SSSR count). The van der Waals surface area contributed by atoms with Gasteiger partial charge in [-0.3, -0.25) is 5.32 Å². The molecule has 3 heteroatoms.